The average molecular weight is 382 g/mol. The van der Waals surface area contributed by atoms with Gasteiger partial charge in [-0.15, -0.1) is 23.7 Å². The summed E-state index contributed by atoms with van der Waals surface area (Å²) in [6.07, 6.45) is -4.49. The van der Waals surface area contributed by atoms with Crippen molar-refractivity contribution in [2.24, 2.45) is 0 Å². The molecular formula is C15H19ClF3N3OS. The fraction of sp³-hybridized carbons (Fsp3) is 0.467. The molecule has 0 fully saturated rings. The van der Waals surface area contributed by atoms with Crippen molar-refractivity contribution >= 4 is 39.9 Å². The summed E-state index contributed by atoms with van der Waals surface area (Å²) in [5, 5.41) is 6.53. The molecular weight excluding hydrogens is 363 g/mol. The number of amides is 1. The van der Waals surface area contributed by atoms with Crippen molar-refractivity contribution in [3.05, 3.63) is 28.3 Å². The van der Waals surface area contributed by atoms with Gasteiger partial charge in [0.1, 0.15) is 10.5 Å². The van der Waals surface area contributed by atoms with Gasteiger partial charge in [-0.2, -0.15) is 13.2 Å². The molecule has 0 spiro atoms. The standard InChI is InChI=1S/C15H18F3N3OS.ClH/c1-4-19-8(2)7-20-13(22)12-9(3)10-5-6-11(15(16,17)18)21-14(10)23-12;/h5-6,8,19H,4,7H2,1-3H3,(H,20,22);1H/t8-;/m1./s1. The molecule has 134 valence electrons. The van der Waals surface area contributed by atoms with Crippen LogP contribution >= 0.6 is 23.7 Å². The number of rotatable bonds is 5. The molecule has 1 atom stereocenters. The first-order valence-electron chi connectivity index (χ1n) is 7.23. The van der Waals surface area contributed by atoms with Crippen LogP contribution in [0.15, 0.2) is 12.1 Å². The minimum absolute atomic E-state index is 0. The van der Waals surface area contributed by atoms with Crippen LogP contribution in [0.25, 0.3) is 10.2 Å². The summed E-state index contributed by atoms with van der Waals surface area (Å²) in [6, 6.07) is 2.43. The molecule has 2 heterocycles. The number of thiophene rings is 1. The van der Waals surface area contributed by atoms with Crippen LogP contribution in [0.4, 0.5) is 13.2 Å². The van der Waals surface area contributed by atoms with Gasteiger partial charge in [-0.3, -0.25) is 4.79 Å². The van der Waals surface area contributed by atoms with E-state index in [1.807, 2.05) is 13.8 Å². The van der Waals surface area contributed by atoms with Gasteiger partial charge in [0.25, 0.3) is 5.91 Å². The lowest BCUT2D eigenvalue weighted by Crippen LogP contribution is -2.38. The van der Waals surface area contributed by atoms with Crippen molar-refractivity contribution in [3.63, 3.8) is 0 Å². The number of hydrogen-bond donors (Lipinski definition) is 2. The lowest BCUT2D eigenvalue weighted by Gasteiger charge is -2.12. The fourth-order valence-corrected chi connectivity index (χ4v) is 3.32. The number of alkyl halides is 3. The normalized spacial score (nSPS) is 12.8. The molecule has 2 aromatic heterocycles. The predicted molar refractivity (Wildman–Crippen MR) is 92.1 cm³/mol. The highest BCUT2D eigenvalue weighted by Crippen LogP contribution is 2.34. The SMILES string of the molecule is CCN[C@H](C)CNC(=O)c1sc2nc(C(F)(F)F)ccc2c1C.Cl. The second-order valence-corrected chi connectivity index (χ2v) is 6.27. The van der Waals surface area contributed by atoms with Crippen LogP contribution in [0, 0.1) is 6.92 Å². The summed E-state index contributed by atoms with van der Waals surface area (Å²) in [7, 11) is 0. The van der Waals surface area contributed by atoms with E-state index in [9.17, 15) is 18.0 Å². The molecule has 2 rings (SSSR count). The third kappa shape index (κ3) is 4.58. The molecule has 0 aromatic carbocycles. The molecule has 0 bridgehead atoms. The van der Waals surface area contributed by atoms with Gasteiger partial charge in [0.2, 0.25) is 0 Å². The highest BCUT2D eigenvalue weighted by molar-refractivity contribution is 7.20. The lowest BCUT2D eigenvalue weighted by molar-refractivity contribution is -0.140. The number of fused-ring (bicyclic) bond motifs is 1. The largest absolute Gasteiger partial charge is 0.433 e. The van der Waals surface area contributed by atoms with E-state index in [1.54, 1.807) is 6.92 Å². The molecule has 2 aromatic rings. The highest BCUT2D eigenvalue weighted by Gasteiger charge is 2.33. The Morgan fingerprint density at radius 2 is 2.04 bits per heavy atom. The molecule has 9 heteroatoms. The molecule has 0 aliphatic carbocycles. The summed E-state index contributed by atoms with van der Waals surface area (Å²) < 4.78 is 38.2. The van der Waals surface area contributed by atoms with Crippen LogP contribution < -0.4 is 10.6 Å². The van der Waals surface area contributed by atoms with Gasteiger partial charge in [-0.1, -0.05) is 6.92 Å². The molecule has 2 N–H and O–H groups in total. The van der Waals surface area contributed by atoms with Gasteiger partial charge >= 0.3 is 6.18 Å². The summed E-state index contributed by atoms with van der Waals surface area (Å²) >= 11 is 0.984. The van der Waals surface area contributed by atoms with E-state index in [2.05, 4.69) is 15.6 Å². The van der Waals surface area contributed by atoms with Crippen LogP contribution in [0.1, 0.15) is 34.8 Å². The Bertz CT molecular complexity index is 718. The Kier molecular flexibility index (Phi) is 7.00. The van der Waals surface area contributed by atoms with Gasteiger partial charge < -0.3 is 10.6 Å². The summed E-state index contributed by atoms with van der Waals surface area (Å²) in [5.74, 6) is -0.288. The predicted octanol–water partition coefficient (Wildman–Crippen LogP) is 3.77. The van der Waals surface area contributed by atoms with Crippen molar-refractivity contribution in [1.29, 1.82) is 0 Å². The van der Waals surface area contributed by atoms with E-state index in [0.717, 1.165) is 23.9 Å². The van der Waals surface area contributed by atoms with Gasteiger partial charge in [-0.25, -0.2) is 4.98 Å². The van der Waals surface area contributed by atoms with Crippen molar-refractivity contribution < 1.29 is 18.0 Å². The first kappa shape index (κ1) is 20.7. The zero-order chi connectivity index (χ0) is 17.2. The van der Waals surface area contributed by atoms with E-state index in [4.69, 9.17) is 0 Å². The number of aryl methyl sites for hydroxylation is 1. The van der Waals surface area contributed by atoms with Crippen molar-refractivity contribution in [2.75, 3.05) is 13.1 Å². The van der Waals surface area contributed by atoms with Crippen LogP contribution in [0.5, 0.6) is 0 Å². The van der Waals surface area contributed by atoms with Crippen molar-refractivity contribution in [2.45, 2.75) is 33.0 Å². The molecule has 1 amide bonds. The first-order chi connectivity index (χ1) is 10.7. The molecule has 0 aliphatic heterocycles. The van der Waals surface area contributed by atoms with Crippen LogP contribution in [-0.4, -0.2) is 30.0 Å². The zero-order valence-corrected chi connectivity index (χ0v) is 15.1. The number of nitrogens with one attached hydrogen (secondary N) is 2. The molecule has 0 saturated heterocycles. The third-order valence-electron chi connectivity index (χ3n) is 3.42. The number of nitrogens with zero attached hydrogens (tertiary/aromatic N) is 1. The molecule has 0 radical (unpaired) electrons. The molecule has 0 unspecified atom stereocenters. The van der Waals surface area contributed by atoms with E-state index >= 15 is 0 Å². The van der Waals surface area contributed by atoms with E-state index in [-0.39, 0.29) is 29.2 Å². The van der Waals surface area contributed by atoms with E-state index in [0.29, 0.717) is 22.4 Å². The Morgan fingerprint density at radius 3 is 2.62 bits per heavy atom. The maximum Gasteiger partial charge on any atom is 0.433 e. The van der Waals surface area contributed by atoms with Gasteiger partial charge in [0.05, 0.1) is 4.88 Å². The Hall–Kier alpha value is -1.38. The molecule has 24 heavy (non-hydrogen) atoms. The van der Waals surface area contributed by atoms with Gasteiger partial charge in [0, 0.05) is 18.0 Å². The second-order valence-electron chi connectivity index (χ2n) is 5.27. The minimum Gasteiger partial charge on any atom is -0.350 e. The topological polar surface area (TPSA) is 54.0 Å². The summed E-state index contributed by atoms with van der Waals surface area (Å²) in [6.45, 7) is 6.87. The summed E-state index contributed by atoms with van der Waals surface area (Å²) in [5.41, 5.74) is -0.293. The van der Waals surface area contributed by atoms with Crippen LogP contribution in [0.3, 0.4) is 0 Å². The van der Waals surface area contributed by atoms with E-state index < -0.39 is 11.9 Å². The number of likely N-dealkylation sites (N-methyl/N-ethyl adjacent to an activating group) is 1. The maximum absolute atomic E-state index is 12.7. The van der Waals surface area contributed by atoms with Gasteiger partial charge in [0.15, 0.2) is 0 Å². The van der Waals surface area contributed by atoms with Crippen LogP contribution in [0.2, 0.25) is 0 Å². The number of carbonyl (C=O) groups is 1. The lowest BCUT2D eigenvalue weighted by atomic mass is 10.1. The number of halogens is 4. The molecule has 0 saturated carbocycles. The number of pyridine rings is 1. The monoisotopic (exact) mass is 381 g/mol. The minimum atomic E-state index is -4.49. The second kappa shape index (κ2) is 8.13. The van der Waals surface area contributed by atoms with Crippen molar-refractivity contribution in [1.82, 2.24) is 15.6 Å². The Labute approximate surface area is 148 Å². The van der Waals surface area contributed by atoms with Crippen LogP contribution in [-0.2, 0) is 6.18 Å². The molecule has 0 aliphatic rings. The highest BCUT2D eigenvalue weighted by atomic mass is 35.5. The van der Waals surface area contributed by atoms with E-state index in [1.165, 1.54) is 6.07 Å². The Morgan fingerprint density at radius 1 is 1.38 bits per heavy atom. The maximum atomic E-state index is 12.7. The zero-order valence-electron chi connectivity index (χ0n) is 13.5. The van der Waals surface area contributed by atoms with Gasteiger partial charge in [-0.05, 0) is 38.1 Å². The Balaban J connectivity index is 0.00000288. The smallest absolute Gasteiger partial charge is 0.350 e. The number of hydrogen-bond acceptors (Lipinski definition) is 4. The fourth-order valence-electron chi connectivity index (χ4n) is 2.22. The van der Waals surface area contributed by atoms with Crippen molar-refractivity contribution in [3.8, 4) is 0 Å². The third-order valence-corrected chi connectivity index (χ3v) is 4.62. The number of carbonyl (C=O) groups excluding carboxylic acids is 1. The average Bonchev–Trinajstić information content (AvgIpc) is 2.81. The summed E-state index contributed by atoms with van der Waals surface area (Å²) in [4.78, 5) is 16.5. The number of aromatic nitrogens is 1. The quantitative estimate of drug-likeness (QED) is 0.828. The first-order valence-corrected chi connectivity index (χ1v) is 8.04. The molecule has 4 nitrogen and oxygen atoms in total.